The number of nitrogens with zero attached hydrogens (tertiary/aromatic N) is 4. The Morgan fingerprint density at radius 1 is 0.943 bits per heavy atom. The normalized spacial score (nSPS) is 11.1. The molecular weight excluding hydrogens is 470 g/mol. The highest BCUT2D eigenvalue weighted by molar-refractivity contribution is 7.89. The SMILES string of the molecule is Cc1ccc(S(N)(=O)=O)cc1C(=O)NNC(=O)c1ccc(Cn2nnc(-c3ccccc3)n2)cc1. The average Bonchev–Trinajstić information content (AvgIpc) is 3.31. The number of aromatic nitrogens is 4. The molecule has 0 spiro atoms. The summed E-state index contributed by atoms with van der Waals surface area (Å²) in [7, 11) is -3.97. The molecule has 0 atom stereocenters. The molecule has 0 aliphatic rings. The first-order valence-electron chi connectivity index (χ1n) is 10.4. The molecule has 0 unspecified atom stereocenters. The van der Waals surface area contributed by atoms with Gasteiger partial charge in [0.05, 0.1) is 11.4 Å². The first kappa shape index (κ1) is 23.7. The van der Waals surface area contributed by atoms with Crippen molar-refractivity contribution >= 4 is 21.8 Å². The number of amides is 2. The number of carbonyl (C=O) groups excluding carboxylic acids is 2. The Balaban J connectivity index is 1.37. The van der Waals surface area contributed by atoms with Crippen LogP contribution in [0.25, 0.3) is 11.4 Å². The zero-order valence-corrected chi connectivity index (χ0v) is 19.4. The van der Waals surface area contributed by atoms with E-state index in [1.807, 2.05) is 30.3 Å². The van der Waals surface area contributed by atoms with E-state index in [0.29, 0.717) is 23.5 Å². The molecule has 0 aliphatic heterocycles. The van der Waals surface area contributed by atoms with Crippen LogP contribution in [0.15, 0.2) is 77.7 Å². The van der Waals surface area contributed by atoms with E-state index in [2.05, 4.69) is 26.3 Å². The summed E-state index contributed by atoms with van der Waals surface area (Å²) < 4.78 is 23.1. The maximum atomic E-state index is 12.5. The number of hydrogen-bond acceptors (Lipinski definition) is 7. The molecule has 1 aromatic heterocycles. The number of nitrogens with two attached hydrogens (primary N) is 1. The number of aryl methyl sites for hydroxylation is 1. The van der Waals surface area contributed by atoms with Gasteiger partial charge in [0.25, 0.3) is 11.8 Å². The van der Waals surface area contributed by atoms with E-state index in [1.165, 1.54) is 16.9 Å². The van der Waals surface area contributed by atoms with E-state index in [0.717, 1.165) is 17.2 Å². The Morgan fingerprint density at radius 2 is 1.63 bits per heavy atom. The predicted octanol–water partition coefficient (Wildman–Crippen LogP) is 1.42. The van der Waals surface area contributed by atoms with Crippen molar-refractivity contribution in [2.24, 2.45) is 5.14 Å². The Labute approximate surface area is 201 Å². The third-order valence-electron chi connectivity index (χ3n) is 5.10. The van der Waals surface area contributed by atoms with Crippen LogP contribution in [0.2, 0.25) is 0 Å². The lowest BCUT2D eigenvalue weighted by atomic mass is 10.1. The molecule has 178 valence electrons. The molecule has 35 heavy (non-hydrogen) atoms. The zero-order valence-electron chi connectivity index (χ0n) is 18.5. The summed E-state index contributed by atoms with van der Waals surface area (Å²) >= 11 is 0. The van der Waals surface area contributed by atoms with E-state index in [4.69, 9.17) is 5.14 Å². The topological polar surface area (TPSA) is 162 Å². The van der Waals surface area contributed by atoms with Crippen LogP contribution >= 0.6 is 0 Å². The number of carbonyl (C=O) groups is 2. The van der Waals surface area contributed by atoms with Gasteiger partial charge in [0.1, 0.15) is 0 Å². The predicted molar refractivity (Wildman–Crippen MR) is 126 cm³/mol. The summed E-state index contributed by atoms with van der Waals surface area (Å²) in [6.45, 7) is 1.99. The smallest absolute Gasteiger partial charge is 0.267 e. The minimum absolute atomic E-state index is 0.0716. The zero-order chi connectivity index (χ0) is 25.0. The summed E-state index contributed by atoms with van der Waals surface area (Å²) in [5.74, 6) is -0.706. The minimum atomic E-state index is -3.97. The van der Waals surface area contributed by atoms with E-state index in [9.17, 15) is 18.0 Å². The number of hydrazine groups is 1. The lowest BCUT2D eigenvalue weighted by Gasteiger charge is -2.10. The fraction of sp³-hybridized carbons (Fsp3) is 0.0870. The molecule has 0 saturated heterocycles. The van der Waals surface area contributed by atoms with Crippen molar-refractivity contribution in [3.63, 3.8) is 0 Å². The summed E-state index contributed by atoms with van der Waals surface area (Å²) in [5.41, 5.74) is 7.20. The Kier molecular flexibility index (Phi) is 6.66. The van der Waals surface area contributed by atoms with Crippen molar-refractivity contribution in [1.29, 1.82) is 0 Å². The molecule has 0 fully saturated rings. The highest BCUT2D eigenvalue weighted by atomic mass is 32.2. The summed E-state index contributed by atoms with van der Waals surface area (Å²) in [6, 6.07) is 20.1. The Bertz CT molecular complexity index is 1480. The molecule has 0 bridgehead atoms. The second-order valence-electron chi connectivity index (χ2n) is 7.64. The third-order valence-corrected chi connectivity index (χ3v) is 6.01. The molecule has 0 aliphatic carbocycles. The van der Waals surface area contributed by atoms with Crippen molar-refractivity contribution in [3.05, 3.63) is 95.1 Å². The average molecular weight is 492 g/mol. The molecule has 4 N–H and O–H groups in total. The molecule has 2 amide bonds. The van der Waals surface area contributed by atoms with E-state index in [1.54, 1.807) is 31.2 Å². The maximum Gasteiger partial charge on any atom is 0.270 e. The molecule has 3 aromatic carbocycles. The van der Waals surface area contributed by atoms with E-state index < -0.39 is 21.8 Å². The van der Waals surface area contributed by atoms with Crippen LogP contribution in [0.3, 0.4) is 0 Å². The van der Waals surface area contributed by atoms with Gasteiger partial charge in [-0.25, -0.2) is 13.6 Å². The molecule has 4 rings (SSSR count). The molecule has 11 nitrogen and oxygen atoms in total. The molecule has 12 heteroatoms. The van der Waals surface area contributed by atoms with E-state index in [-0.39, 0.29) is 10.5 Å². The fourth-order valence-corrected chi connectivity index (χ4v) is 3.75. The molecule has 4 aromatic rings. The number of nitrogens with one attached hydrogen (secondary N) is 2. The van der Waals surface area contributed by atoms with Gasteiger partial charge in [0.2, 0.25) is 15.8 Å². The highest BCUT2D eigenvalue weighted by Gasteiger charge is 2.16. The lowest BCUT2D eigenvalue weighted by Crippen LogP contribution is -2.42. The quantitative estimate of drug-likeness (QED) is 0.344. The molecule has 0 saturated carbocycles. The van der Waals surface area contributed by atoms with Crippen molar-refractivity contribution in [2.45, 2.75) is 18.4 Å². The van der Waals surface area contributed by atoms with Crippen molar-refractivity contribution in [2.75, 3.05) is 0 Å². The van der Waals surface area contributed by atoms with Crippen LogP contribution in [-0.4, -0.2) is 40.4 Å². The first-order chi connectivity index (χ1) is 16.7. The van der Waals surface area contributed by atoms with Crippen molar-refractivity contribution in [3.8, 4) is 11.4 Å². The van der Waals surface area contributed by atoms with Gasteiger partial charge >= 0.3 is 0 Å². The van der Waals surface area contributed by atoms with Gasteiger partial charge in [-0.15, -0.1) is 10.2 Å². The number of primary sulfonamides is 1. The monoisotopic (exact) mass is 491 g/mol. The molecular formula is C23H21N7O4S. The minimum Gasteiger partial charge on any atom is -0.267 e. The van der Waals surface area contributed by atoms with Crippen LogP contribution in [0.5, 0.6) is 0 Å². The number of rotatable bonds is 6. The largest absolute Gasteiger partial charge is 0.270 e. The van der Waals surface area contributed by atoms with Gasteiger partial charge in [-0.05, 0) is 47.5 Å². The third kappa shape index (κ3) is 5.75. The summed E-state index contributed by atoms with van der Waals surface area (Å²) in [4.78, 5) is 26.2. The van der Waals surface area contributed by atoms with Gasteiger partial charge in [-0.1, -0.05) is 48.5 Å². The van der Waals surface area contributed by atoms with Gasteiger partial charge in [-0.3, -0.25) is 20.4 Å². The second kappa shape index (κ2) is 9.83. The maximum absolute atomic E-state index is 12.5. The fourth-order valence-electron chi connectivity index (χ4n) is 3.21. The van der Waals surface area contributed by atoms with Gasteiger partial charge in [0, 0.05) is 16.7 Å². The standard InChI is InChI=1S/C23H21N7O4S/c1-15-7-12-19(35(24,33)34)13-20(15)23(32)27-26-22(31)18-10-8-16(9-11-18)14-30-28-21(25-29-30)17-5-3-2-4-6-17/h2-13H,14H2,1H3,(H,26,31)(H,27,32)(H2,24,33,34). The second-order valence-corrected chi connectivity index (χ2v) is 9.20. The van der Waals surface area contributed by atoms with Crippen LogP contribution in [-0.2, 0) is 16.6 Å². The van der Waals surface area contributed by atoms with Crippen molar-refractivity contribution in [1.82, 2.24) is 31.1 Å². The number of sulfonamides is 1. The van der Waals surface area contributed by atoms with Gasteiger partial charge < -0.3 is 0 Å². The Hall–Kier alpha value is -4.42. The summed E-state index contributed by atoms with van der Waals surface area (Å²) in [5, 5.41) is 17.6. The van der Waals surface area contributed by atoms with Crippen LogP contribution in [0, 0.1) is 6.92 Å². The first-order valence-corrected chi connectivity index (χ1v) is 11.9. The number of benzene rings is 3. The highest BCUT2D eigenvalue weighted by Crippen LogP contribution is 2.15. The number of hydrogen-bond donors (Lipinski definition) is 3. The van der Waals surface area contributed by atoms with Crippen LogP contribution in [0.4, 0.5) is 0 Å². The lowest BCUT2D eigenvalue weighted by molar-refractivity contribution is 0.0846. The van der Waals surface area contributed by atoms with Gasteiger partial charge in [0.15, 0.2) is 0 Å². The summed E-state index contributed by atoms with van der Waals surface area (Å²) in [6.07, 6.45) is 0. The molecule has 1 heterocycles. The van der Waals surface area contributed by atoms with Gasteiger partial charge in [-0.2, -0.15) is 4.80 Å². The van der Waals surface area contributed by atoms with Crippen molar-refractivity contribution < 1.29 is 18.0 Å². The van der Waals surface area contributed by atoms with E-state index >= 15 is 0 Å². The number of tetrazole rings is 1. The van der Waals surface area contributed by atoms with Crippen LogP contribution < -0.4 is 16.0 Å². The Morgan fingerprint density at radius 3 is 2.31 bits per heavy atom. The molecule has 0 radical (unpaired) electrons. The van der Waals surface area contributed by atoms with Crippen LogP contribution in [0.1, 0.15) is 31.8 Å².